The number of rotatable bonds is 9. The molecule has 6 N–H and O–H groups in total. The minimum absolute atomic E-state index is 0.0361. The molecule has 0 aliphatic carbocycles. The van der Waals surface area contributed by atoms with E-state index < -0.39 is 43.2 Å². The first kappa shape index (κ1) is 23.8. The maximum absolute atomic E-state index is 12.8. The van der Waals surface area contributed by atoms with Crippen molar-refractivity contribution >= 4 is 25.3 Å². The fourth-order valence-electron chi connectivity index (χ4n) is 2.37. The summed E-state index contributed by atoms with van der Waals surface area (Å²) in [4.78, 5) is 56.4. The fourth-order valence-corrected chi connectivity index (χ4v) is 2.93. The molecule has 0 saturated heterocycles. The molecule has 0 aromatic heterocycles. The Labute approximate surface area is 163 Å². The Morgan fingerprint density at radius 2 is 1.64 bits per heavy atom. The molecule has 0 aliphatic rings. The normalized spacial score (nSPS) is 14.5. The highest BCUT2D eigenvalue weighted by Crippen LogP contribution is 2.43. The summed E-state index contributed by atoms with van der Waals surface area (Å²) in [5, 5.41) is 4.81. The Hall–Kier alpha value is -2.26. The van der Waals surface area contributed by atoms with Gasteiger partial charge in [-0.25, -0.2) is 0 Å². The van der Waals surface area contributed by atoms with E-state index in [0.717, 1.165) is 4.90 Å². The van der Waals surface area contributed by atoms with Gasteiger partial charge in [0.15, 0.2) is 0 Å². The standard InChI is InChI=1S/C17H27N4O6P/c1-11(19-15(22)9-18)16(23)20-12(2)17(24)21(13(3)28(25,26)27)10-14-7-5-4-6-8-14/h4-8,11-13H,9-10,18H2,1-3H3,(H,19,22)(H,20,23)(H2,25,26,27)/t11-,12-,13+/m0/s1. The SMILES string of the molecule is C[C@H](NC(=O)CN)C(=O)N[C@@H](C)C(=O)N(Cc1ccccc1)[C@@H](C)P(=O)(O)O. The first-order valence-electron chi connectivity index (χ1n) is 8.66. The largest absolute Gasteiger partial charge is 0.347 e. The first-order chi connectivity index (χ1) is 13.0. The van der Waals surface area contributed by atoms with Crippen LogP contribution >= 0.6 is 7.60 Å². The molecule has 3 atom stereocenters. The van der Waals surface area contributed by atoms with Crippen molar-refractivity contribution < 1.29 is 28.7 Å². The zero-order chi connectivity index (χ0) is 21.5. The van der Waals surface area contributed by atoms with Gasteiger partial charge in [0.1, 0.15) is 17.9 Å². The summed E-state index contributed by atoms with van der Waals surface area (Å²) in [5.41, 5.74) is 5.86. The third kappa shape index (κ3) is 7.05. The quantitative estimate of drug-likeness (QED) is 0.340. The van der Waals surface area contributed by atoms with Crippen LogP contribution in [0.25, 0.3) is 0 Å². The average molecular weight is 414 g/mol. The number of amides is 3. The van der Waals surface area contributed by atoms with Gasteiger partial charge in [-0.3, -0.25) is 18.9 Å². The van der Waals surface area contributed by atoms with Crippen molar-refractivity contribution in [1.29, 1.82) is 0 Å². The van der Waals surface area contributed by atoms with Gasteiger partial charge in [-0.05, 0) is 26.3 Å². The Morgan fingerprint density at radius 3 is 2.14 bits per heavy atom. The summed E-state index contributed by atoms with van der Waals surface area (Å²) in [6.07, 6.45) is 0. The molecule has 0 heterocycles. The smallest absolute Gasteiger partial charge is 0.343 e. The van der Waals surface area contributed by atoms with Gasteiger partial charge in [-0.1, -0.05) is 30.3 Å². The Kier molecular flexibility index (Phi) is 8.77. The van der Waals surface area contributed by atoms with E-state index in [1.165, 1.54) is 20.8 Å². The van der Waals surface area contributed by atoms with Crippen LogP contribution in [0.3, 0.4) is 0 Å². The van der Waals surface area contributed by atoms with Gasteiger partial charge in [-0.2, -0.15) is 0 Å². The Balaban J connectivity index is 2.93. The second-order valence-corrected chi connectivity index (χ2v) is 8.32. The lowest BCUT2D eigenvalue weighted by Gasteiger charge is -2.32. The molecule has 1 aromatic carbocycles. The minimum Gasteiger partial charge on any atom is -0.343 e. The third-order valence-electron chi connectivity index (χ3n) is 4.10. The summed E-state index contributed by atoms with van der Waals surface area (Å²) in [5.74, 6) is -3.19. The van der Waals surface area contributed by atoms with Gasteiger partial charge in [-0.15, -0.1) is 0 Å². The lowest BCUT2D eigenvalue weighted by molar-refractivity contribution is -0.137. The zero-order valence-corrected chi connectivity index (χ0v) is 16.9. The summed E-state index contributed by atoms with van der Waals surface area (Å²) in [7, 11) is -4.60. The van der Waals surface area contributed by atoms with Gasteiger partial charge in [0.25, 0.3) is 0 Å². The molecule has 1 rings (SSSR count). The highest BCUT2D eigenvalue weighted by atomic mass is 31.2. The van der Waals surface area contributed by atoms with Crippen LogP contribution in [0.5, 0.6) is 0 Å². The van der Waals surface area contributed by atoms with Gasteiger partial charge >= 0.3 is 7.60 Å². The van der Waals surface area contributed by atoms with E-state index in [4.69, 9.17) is 5.73 Å². The highest BCUT2D eigenvalue weighted by Gasteiger charge is 2.36. The molecule has 28 heavy (non-hydrogen) atoms. The molecule has 0 saturated carbocycles. The Morgan fingerprint density at radius 1 is 1.07 bits per heavy atom. The molecule has 0 unspecified atom stereocenters. The van der Waals surface area contributed by atoms with Crippen LogP contribution in [0.1, 0.15) is 26.3 Å². The van der Waals surface area contributed by atoms with Crippen molar-refractivity contribution in [2.24, 2.45) is 5.73 Å². The molecule has 3 amide bonds. The topological polar surface area (TPSA) is 162 Å². The molecule has 11 heteroatoms. The Bertz CT molecular complexity index is 738. The maximum atomic E-state index is 12.8. The molecule has 0 fully saturated rings. The number of carbonyl (C=O) groups is 3. The molecule has 10 nitrogen and oxygen atoms in total. The molecule has 0 spiro atoms. The van der Waals surface area contributed by atoms with Crippen molar-refractivity contribution in [2.45, 2.75) is 45.2 Å². The minimum atomic E-state index is -4.60. The number of hydrogen-bond donors (Lipinski definition) is 5. The molecule has 0 aliphatic heterocycles. The van der Waals surface area contributed by atoms with Crippen LogP contribution in [0.4, 0.5) is 0 Å². The van der Waals surface area contributed by atoms with Crippen molar-refractivity contribution in [3.05, 3.63) is 35.9 Å². The third-order valence-corrected chi connectivity index (χ3v) is 5.35. The average Bonchev–Trinajstić information content (AvgIpc) is 2.64. The number of nitrogens with two attached hydrogens (primary N) is 1. The number of benzene rings is 1. The summed E-state index contributed by atoms with van der Waals surface area (Å²) in [6.45, 7) is 3.77. The molecule has 0 radical (unpaired) electrons. The van der Waals surface area contributed by atoms with E-state index in [2.05, 4.69) is 10.6 Å². The van der Waals surface area contributed by atoms with Crippen molar-refractivity contribution in [1.82, 2.24) is 15.5 Å². The zero-order valence-electron chi connectivity index (χ0n) is 16.0. The number of nitrogens with zero attached hydrogens (tertiary/aromatic N) is 1. The van der Waals surface area contributed by atoms with E-state index in [1.807, 2.05) is 0 Å². The number of carbonyl (C=O) groups excluding carboxylic acids is 3. The van der Waals surface area contributed by atoms with Crippen LogP contribution in [0.15, 0.2) is 30.3 Å². The fraction of sp³-hybridized carbons (Fsp3) is 0.471. The van der Waals surface area contributed by atoms with Crippen molar-refractivity contribution in [3.63, 3.8) is 0 Å². The summed E-state index contributed by atoms with van der Waals surface area (Å²) >= 11 is 0. The molecular formula is C17H27N4O6P. The molecule has 1 aromatic rings. The van der Waals surface area contributed by atoms with Gasteiger partial charge in [0, 0.05) is 6.54 Å². The van der Waals surface area contributed by atoms with Crippen LogP contribution in [0.2, 0.25) is 0 Å². The second-order valence-electron chi connectivity index (χ2n) is 6.40. The number of nitrogens with one attached hydrogen (secondary N) is 2. The first-order valence-corrected chi connectivity index (χ1v) is 10.3. The van der Waals surface area contributed by atoms with Crippen LogP contribution < -0.4 is 16.4 Å². The lowest BCUT2D eigenvalue weighted by atomic mass is 10.2. The van der Waals surface area contributed by atoms with Crippen LogP contribution in [0, 0.1) is 0 Å². The van der Waals surface area contributed by atoms with E-state index in [9.17, 15) is 28.7 Å². The van der Waals surface area contributed by atoms with E-state index in [1.54, 1.807) is 30.3 Å². The second kappa shape index (κ2) is 10.3. The maximum Gasteiger partial charge on any atom is 0.347 e. The highest BCUT2D eigenvalue weighted by molar-refractivity contribution is 7.52. The molecule has 156 valence electrons. The number of hydrogen-bond acceptors (Lipinski definition) is 5. The van der Waals surface area contributed by atoms with Crippen LogP contribution in [-0.2, 0) is 25.5 Å². The monoisotopic (exact) mass is 414 g/mol. The van der Waals surface area contributed by atoms with Crippen LogP contribution in [-0.4, -0.2) is 56.8 Å². The summed E-state index contributed by atoms with van der Waals surface area (Å²) in [6, 6.07) is 6.72. The molecular weight excluding hydrogens is 387 g/mol. The van der Waals surface area contributed by atoms with Crippen molar-refractivity contribution in [2.75, 3.05) is 6.54 Å². The van der Waals surface area contributed by atoms with E-state index in [0.29, 0.717) is 5.56 Å². The molecule has 0 bridgehead atoms. The predicted octanol–water partition coefficient (Wildman–Crippen LogP) is -0.493. The summed E-state index contributed by atoms with van der Waals surface area (Å²) < 4.78 is 11.7. The lowest BCUT2D eigenvalue weighted by Crippen LogP contribution is -2.54. The van der Waals surface area contributed by atoms with Gasteiger partial charge < -0.3 is 31.1 Å². The predicted molar refractivity (Wildman–Crippen MR) is 103 cm³/mol. The van der Waals surface area contributed by atoms with E-state index >= 15 is 0 Å². The van der Waals surface area contributed by atoms with E-state index in [-0.39, 0.29) is 13.1 Å². The van der Waals surface area contributed by atoms with Gasteiger partial charge in [0.2, 0.25) is 17.7 Å². The van der Waals surface area contributed by atoms with Gasteiger partial charge in [0.05, 0.1) is 6.54 Å². The van der Waals surface area contributed by atoms with Crippen molar-refractivity contribution in [3.8, 4) is 0 Å².